The van der Waals surface area contributed by atoms with E-state index in [1.54, 1.807) is 61.1 Å². The van der Waals surface area contributed by atoms with Crippen LogP contribution in [0.5, 0.6) is 5.75 Å². The molecule has 1 heterocycles. The first-order valence-corrected chi connectivity index (χ1v) is 11.5. The minimum absolute atomic E-state index is 0.168. The van der Waals surface area contributed by atoms with Gasteiger partial charge in [-0.15, -0.1) is 0 Å². The van der Waals surface area contributed by atoms with Crippen molar-refractivity contribution in [2.75, 3.05) is 12.4 Å². The Morgan fingerprint density at radius 3 is 2.65 bits per heavy atom. The third-order valence-corrected chi connectivity index (χ3v) is 6.33. The van der Waals surface area contributed by atoms with Crippen LogP contribution in [0.25, 0.3) is 10.9 Å². The molecule has 1 atom stereocenters. The van der Waals surface area contributed by atoms with E-state index in [-0.39, 0.29) is 11.5 Å². The van der Waals surface area contributed by atoms with Gasteiger partial charge in [0.2, 0.25) is 5.91 Å². The van der Waals surface area contributed by atoms with Crippen LogP contribution < -0.4 is 15.6 Å². The molecule has 3 aromatic carbocycles. The van der Waals surface area contributed by atoms with Crippen molar-refractivity contribution in [3.8, 4) is 11.8 Å². The number of amides is 1. The molecule has 0 saturated heterocycles. The van der Waals surface area contributed by atoms with Gasteiger partial charge in [-0.25, -0.2) is 4.98 Å². The third-order valence-electron chi connectivity index (χ3n) is 5.24. The van der Waals surface area contributed by atoms with Crippen molar-refractivity contribution >= 4 is 34.3 Å². The number of benzene rings is 3. The molecule has 0 saturated carbocycles. The molecular weight excluding hydrogens is 448 g/mol. The van der Waals surface area contributed by atoms with E-state index in [2.05, 4.69) is 11.4 Å². The van der Waals surface area contributed by atoms with Crippen LogP contribution in [0.15, 0.2) is 82.7 Å². The SMILES string of the molecule is COc1ccc(Cn2c(S[C@@H](C)C(=O)Nc3cccc(C#N)c3)nc3ccccc3c2=O)cc1. The monoisotopic (exact) mass is 470 g/mol. The van der Waals surface area contributed by atoms with Crippen LogP contribution in [0.3, 0.4) is 0 Å². The number of nitrogens with zero attached hydrogens (tertiary/aromatic N) is 3. The zero-order valence-electron chi connectivity index (χ0n) is 18.7. The maximum Gasteiger partial charge on any atom is 0.262 e. The summed E-state index contributed by atoms with van der Waals surface area (Å²) in [5.74, 6) is 0.478. The third kappa shape index (κ3) is 5.11. The highest BCUT2D eigenvalue weighted by Crippen LogP contribution is 2.25. The number of ether oxygens (including phenoxy) is 1. The van der Waals surface area contributed by atoms with E-state index in [1.165, 1.54) is 11.8 Å². The summed E-state index contributed by atoms with van der Waals surface area (Å²) in [7, 11) is 1.60. The Hall–Kier alpha value is -4.09. The van der Waals surface area contributed by atoms with Crippen LogP contribution in [0.1, 0.15) is 18.1 Å². The van der Waals surface area contributed by atoms with Crippen LogP contribution in [-0.2, 0) is 11.3 Å². The molecule has 4 rings (SSSR count). The lowest BCUT2D eigenvalue weighted by atomic mass is 10.2. The van der Waals surface area contributed by atoms with E-state index in [0.29, 0.717) is 33.9 Å². The fourth-order valence-electron chi connectivity index (χ4n) is 3.41. The van der Waals surface area contributed by atoms with Crippen LogP contribution in [-0.4, -0.2) is 27.8 Å². The standard InChI is InChI=1S/C26H22N4O3S/c1-17(24(31)28-20-7-5-6-19(14-20)15-27)34-26-29-23-9-4-3-8-22(23)25(32)30(26)16-18-10-12-21(33-2)13-11-18/h3-14,17H,16H2,1-2H3,(H,28,31)/t17-/m0/s1. The van der Waals surface area contributed by atoms with Gasteiger partial charge in [-0.2, -0.15) is 5.26 Å². The Morgan fingerprint density at radius 1 is 1.15 bits per heavy atom. The molecule has 0 aliphatic carbocycles. The summed E-state index contributed by atoms with van der Waals surface area (Å²) in [4.78, 5) is 30.9. The summed E-state index contributed by atoms with van der Waals surface area (Å²) >= 11 is 1.21. The summed E-state index contributed by atoms with van der Waals surface area (Å²) in [5, 5.41) is 12.3. The molecule has 0 fully saturated rings. The average molecular weight is 471 g/mol. The van der Waals surface area contributed by atoms with Crippen molar-refractivity contribution in [1.29, 1.82) is 5.26 Å². The van der Waals surface area contributed by atoms with Gasteiger partial charge in [0.25, 0.3) is 5.56 Å². The second kappa shape index (κ2) is 10.2. The fraction of sp³-hybridized carbons (Fsp3) is 0.154. The lowest BCUT2D eigenvalue weighted by molar-refractivity contribution is -0.115. The van der Waals surface area contributed by atoms with Crippen molar-refractivity contribution in [1.82, 2.24) is 9.55 Å². The number of thioether (sulfide) groups is 1. The van der Waals surface area contributed by atoms with Gasteiger partial charge in [-0.05, 0) is 55.0 Å². The van der Waals surface area contributed by atoms with Crippen molar-refractivity contribution in [3.63, 3.8) is 0 Å². The number of fused-ring (bicyclic) bond motifs is 1. The first-order valence-electron chi connectivity index (χ1n) is 10.6. The number of hydrogen-bond donors (Lipinski definition) is 1. The average Bonchev–Trinajstić information content (AvgIpc) is 2.86. The second-order valence-corrected chi connectivity index (χ2v) is 8.90. The zero-order valence-corrected chi connectivity index (χ0v) is 19.5. The molecule has 0 spiro atoms. The number of hydrogen-bond acceptors (Lipinski definition) is 6. The fourth-order valence-corrected chi connectivity index (χ4v) is 4.32. The topological polar surface area (TPSA) is 97.0 Å². The Balaban J connectivity index is 1.64. The van der Waals surface area contributed by atoms with Crippen LogP contribution in [0.2, 0.25) is 0 Å². The van der Waals surface area contributed by atoms with Crippen molar-refractivity contribution < 1.29 is 9.53 Å². The molecular formula is C26H22N4O3S. The summed E-state index contributed by atoms with van der Waals surface area (Å²) in [6.45, 7) is 2.06. The van der Waals surface area contributed by atoms with E-state index < -0.39 is 5.25 Å². The second-order valence-electron chi connectivity index (χ2n) is 7.59. The molecule has 1 amide bonds. The van der Waals surface area contributed by atoms with Crippen LogP contribution >= 0.6 is 11.8 Å². The Morgan fingerprint density at radius 2 is 1.91 bits per heavy atom. The number of rotatable bonds is 7. The van der Waals surface area contributed by atoms with Gasteiger partial charge in [0.1, 0.15) is 5.75 Å². The van der Waals surface area contributed by atoms with Crippen molar-refractivity contribution in [2.45, 2.75) is 23.9 Å². The minimum Gasteiger partial charge on any atom is -0.497 e. The summed E-state index contributed by atoms with van der Waals surface area (Å²) in [6.07, 6.45) is 0. The molecule has 0 aliphatic rings. The highest BCUT2D eigenvalue weighted by Gasteiger charge is 2.20. The Bertz CT molecular complexity index is 1440. The van der Waals surface area contributed by atoms with E-state index in [1.807, 2.05) is 30.3 Å². The number of para-hydroxylation sites is 1. The van der Waals surface area contributed by atoms with Crippen LogP contribution in [0.4, 0.5) is 5.69 Å². The smallest absolute Gasteiger partial charge is 0.262 e. The summed E-state index contributed by atoms with van der Waals surface area (Å²) < 4.78 is 6.81. The van der Waals surface area contributed by atoms with E-state index in [9.17, 15) is 9.59 Å². The van der Waals surface area contributed by atoms with E-state index in [4.69, 9.17) is 15.0 Å². The molecule has 34 heavy (non-hydrogen) atoms. The number of carbonyl (C=O) groups excluding carboxylic acids is 1. The number of carbonyl (C=O) groups is 1. The van der Waals surface area contributed by atoms with Gasteiger partial charge >= 0.3 is 0 Å². The first-order chi connectivity index (χ1) is 16.5. The number of anilines is 1. The molecule has 4 aromatic rings. The summed E-state index contributed by atoms with van der Waals surface area (Å²) in [6, 6.07) is 23.4. The Labute approximate surface area is 201 Å². The van der Waals surface area contributed by atoms with Gasteiger partial charge < -0.3 is 10.1 Å². The maximum absolute atomic E-state index is 13.3. The normalized spacial score (nSPS) is 11.6. The van der Waals surface area contributed by atoms with Gasteiger partial charge in [0.15, 0.2) is 5.16 Å². The molecule has 0 bridgehead atoms. The molecule has 0 radical (unpaired) electrons. The highest BCUT2D eigenvalue weighted by atomic mass is 32.2. The highest BCUT2D eigenvalue weighted by molar-refractivity contribution is 8.00. The van der Waals surface area contributed by atoms with Gasteiger partial charge in [-0.1, -0.05) is 42.1 Å². The number of nitrogens with one attached hydrogen (secondary N) is 1. The largest absolute Gasteiger partial charge is 0.497 e. The number of nitriles is 1. The maximum atomic E-state index is 13.3. The van der Waals surface area contributed by atoms with E-state index >= 15 is 0 Å². The van der Waals surface area contributed by atoms with Crippen molar-refractivity contribution in [2.24, 2.45) is 0 Å². The van der Waals surface area contributed by atoms with Gasteiger partial charge in [-0.3, -0.25) is 14.2 Å². The number of methoxy groups -OCH3 is 1. The lowest BCUT2D eigenvalue weighted by Crippen LogP contribution is -2.27. The predicted molar refractivity (Wildman–Crippen MR) is 133 cm³/mol. The van der Waals surface area contributed by atoms with E-state index in [0.717, 1.165) is 11.3 Å². The Kier molecular flexibility index (Phi) is 6.95. The molecule has 1 aromatic heterocycles. The molecule has 0 unspecified atom stereocenters. The molecule has 8 heteroatoms. The predicted octanol–water partition coefficient (Wildman–Crippen LogP) is 4.44. The first kappa shape index (κ1) is 23.1. The van der Waals surface area contributed by atoms with Crippen LogP contribution in [0, 0.1) is 11.3 Å². The quantitative estimate of drug-likeness (QED) is 0.317. The molecule has 0 aliphatic heterocycles. The lowest BCUT2D eigenvalue weighted by Gasteiger charge is -2.17. The molecule has 1 N–H and O–H groups in total. The zero-order chi connectivity index (χ0) is 24.1. The molecule has 170 valence electrons. The van der Waals surface area contributed by atoms with Crippen molar-refractivity contribution in [3.05, 3.63) is 94.3 Å². The number of aromatic nitrogens is 2. The van der Waals surface area contributed by atoms with Gasteiger partial charge in [0.05, 0.1) is 41.4 Å². The molecule has 7 nitrogen and oxygen atoms in total. The minimum atomic E-state index is -0.541. The summed E-state index contributed by atoms with van der Waals surface area (Å²) in [5.41, 5.74) is 2.32. The van der Waals surface area contributed by atoms with Gasteiger partial charge in [0, 0.05) is 5.69 Å².